The maximum absolute atomic E-state index is 14.0. The Kier molecular flexibility index (Phi) is 4.99. The number of hydrogen-bond donors (Lipinski definition) is 0. The quantitative estimate of drug-likeness (QED) is 0.617. The fourth-order valence-corrected chi connectivity index (χ4v) is 4.59. The first-order valence-corrected chi connectivity index (χ1v) is 10.6. The first-order chi connectivity index (χ1) is 15.4. The van der Waals surface area contributed by atoms with Crippen LogP contribution >= 0.6 is 0 Å². The van der Waals surface area contributed by atoms with E-state index in [4.69, 9.17) is 4.98 Å². The minimum atomic E-state index is -0.455. The summed E-state index contributed by atoms with van der Waals surface area (Å²) in [5, 5.41) is 8.20. The zero-order valence-corrected chi connectivity index (χ0v) is 18.3. The summed E-state index contributed by atoms with van der Waals surface area (Å²) in [6, 6.07) is 6.09. The predicted octanol–water partition coefficient (Wildman–Crippen LogP) is 1.78. The molecule has 10 heteroatoms. The molecule has 0 saturated carbocycles. The largest absolute Gasteiger partial charge is 0.363 e. The van der Waals surface area contributed by atoms with Crippen molar-refractivity contribution in [2.24, 2.45) is 11.8 Å². The monoisotopic (exact) mass is 436 g/mol. The molecule has 2 atom stereocenters. The third kappa shape index (κ3) is 3.65. The zero-order chi connectivity index (χ0) is 22.4. The summed E-state index contributed by atoms with van der Waals surface area (Å²) in [6.45, 7) is 4.80. The van der Waals surface area contributed by atoms with Crippen LogP contribution in [0.2, 0.25) is 0 Å². The summed E-state index contributed by atoms with van der Waals surface area (Å²) < 4.78 is 14.0. The van der Waals surface area contributed by atoms with Gasteiger partial charge in [-0.2, -0.15) is 20.0 Å². The van der Waals surface area contributed by atoms with Crippen molar-refractivity contribution in [1.82, 2.24) is 29.9 Å². The van der Waals surface area contributed by atoms with Crippen LogP contribution < -0.4 is 9.80 Å². The Morgan fingerprint density at radius 2 is 1.72 bits per heavy atom. The maximum atomic E-state index is 14.0. The van der Waals surface area contributed by atoms with Crippen LogP contribution in [0.5, 0.6) is 0 Å². The van der Waals surface area contributed by atoms with Crippen molar-refractivity contribution in [3.63, 3.8) is 0 Å². The highest BCUT2D eigenvalue weighted by Gasteiger charge is 2.43. The van der Waals surface area contributed by atoms with Gasteiger partial charge in [-0.25, -0.2) is 9.37 Å². The Morgan fingerprint density at radius 1 is 1.03 bits per heavy atom. The van der Waals surface area contributed by atoms with Crippen molar-refractivity contribution in [1.29, 1.82) is 0 Å². The molecule has 2 unspecified atom stereocenters. The van der Waals surface area contributed by atoms with Gasteiger partial charge in [0.15, 0.2) is 0 Å². The number of anilines is 2. The number of aromatic nitrogens is 5. The normalized spacial score (nSPS) is 20.0. The number of aryl methyl sites for hydroxylation is 1. The summed E-state index contributed by atoms with van der Waals surface area (Å²) >= 11 is 0. The van der Waals surface area contributed by atoms with Crippen molar-refractivity contribution in [2.75, 3.05) is 50.1 Å². The summed E-state index contributed by atoms with van der Waals surface area (Å²) in [4.78, 5) is 30.0. The second-order valence-electron chi connectivity index (χ2n) is 8.68. The molecule has 1 amide bonds. The van der Waals surface area contributed by atoms with E-state index >= 15 is 0 Å². The third-order valence-electron chi connectivity index (χ3n) is 6.17. The highest BCUT2D eigenvalue weighted by molar-refractivity contribution is 5.98. The predicted molar refractivity (Wildman–Crippen MR) is 118 cm³/mol. The highest BCUT2D eigenvalue weighted by atomic mass is 19.1. The van der Waals surface area contributed by atoms with E-state index in [1.54, 1.807) is 6.07 Å². The fraction of sp³-hybridized carbons (Fsp3) is 0.409. The van der Waals surface area contributed by atoms with Crippen LogP contribution in [0.25, 0.3) is 5.69 Å². The summed E-state index contributed by atoms with van der Waals surface area (Å²) in [6.07, 6.45) is 3.06. The molecule has 5 rings (SSSR count). The fourth-order valence-electron chi connectivity index (χ4n) is 4.59. The molecule has 1 aromatic carbocycles. The molecule has 0 spiro atoms. The second-order valence-corrected chi connectivity index (χ2v) is 8.68. The lowest BCUT2D eigenvalue weighted by Crippen LogP contribution is -2.34. The number of carbonyl (C=O) groups is 1. The zero-order valence-electron chi connectivity index (χ0n) is 18.3. The summed E-state index contributed by atoms with van der Waals surface area (Å²) in [5.41, 5.74) is 1.68. The van der Waals surface area contributed by atoms with Crippen LogP contribution in [0.4, 0.5) is 16.2 Å². The summed E-state index contributed by atoms with van der Waals surface area (Å²) in [7, 11) is 3.93. The number of likely N-dealkylation sites (tertiary alicyclic amines) is 1. The van der Waals surface area contributed by atoms with Crippen molar-refractivity contribution < 1.29 is 9.18 Å². The van der Waals surface area contributed by atoms with Crippen LogP contribution in [0.15, 0.2) is 36.7 Å². The maximum Gasteiger partial charge on any atom is 0.256 e. The molecule has 9 nitrogen and oxygen atoms in total. The number of hydrogen-bond acceptors (Lipinski definition) is 7. The van der Waals surface area contributed by atoms with Gasteiger partial charge in [0.2, 0.25) is 5.95 Å². The van der Waals surface area contributed by atoms with Gasteiger partial charge in [-0.05, 0) is 25.1 Å². The number of rotatable bonds is 4. The Labute approximate surface area is 185 Å². The van der Waals surface area contributed by atoms with Crippen LogP contribution in [0.1, 0.15) is 16.1 Å². The molecule has 0 N–H and O–H groups in total. The smallest absolute Gasteiger partial charge is 0.256 e. The van der Waals surface area contributed by atoms with Gasteiger partial charge in [0.05, 0.1) is 23.6 Å². The van der Waals surface area contributed by atoms with Gasteiger partial charge in [0.25, 0.3) is 5.91 Å². The minimum Gasteiger partial charge on any atom is -0.363 e. The number of nitrogens with zero attached hydrogens (tertiary/aromatic N) is 8. The lowest BCUT2D eigenvalue weighted by molar-refractivity contribution is 0.0781. The molecule has 3 aromatic rings. The van der Waals surface area contributed by atoms with E-state index < -0.39 is 5.82 Å². The Morgan fingerprint density at radius 3 is 2.38 bits per heavy atom. The first kappa shape index (κ1) is 20.3. The average Bonchev–Trinajstić information content (AvgIpc) is 3.49. The van der Waals surface area contributed by atoms with Crippen LogP contribution in [0, 0.1) is 24.6 Å². The number of amides is 1. The van der Waals surface area contributed by atoms with Crippen molar-refractivity contribution in [2.45, 2.75) is 6.92 Å². The number of benzene rings is 1. The molecule has 2 aliphatic rings. The molecule has 2 saturated heterocycles. The van der Waals surface area contributed by atoms with Gasteiger partial charge in [-0.15, -0.1) is 0 Å². The van der Waals surface area contributed by atoms with Crippen molar-refractivity contribution in [3.05, 3.63) is 53.7 Å². The van der Waals surface area contributed by atoms with Gasteiger partial charge in [-0.3, -0.25) is 4.79 Å². The number of carbonyl (C=O) groups excluding carboxylic acids is 1. The topological polar surface area (TPSA) is 83.3 Å². The van der Waals surface area contributed by atoms with Crippen LogP contribution in [-0.4, -0.2) is 76.0 Å². The highest BCUT2D eigenvalue weighted by Crippen LogP contribution is 2.34. The molecule has 166 valence electrons. The Bertz CT molecular complexity index is 1130. The van der Waals surface area contributed by atoms with Crippen molar-refractivity contribution >= 4 is 17.7 Å². The van der Waals surface area contributed by atoms with Crippen molar-refractivity contribution in [3.8, 4) is 5.69 Å². The average molecular weight is 436 g/mol. The molecular weight excluding hydrogens is 411 g/mol. The van der Waals surface area contributed by atoms with E-state index in [0.29, 0.717) is 30.6 Å². The SMILES string of the molecule is Cc1cc(N(C)C)nc(N2CC3CN(C(=O)c4cc(F)ccc4-n4nccn4)CC3C2)n1. The van der Waals surface area contributed by atoms with Gasteiger partial charge in [-0.1, -0.05) is 0 Å². The van der Waals surface area contributed by atoms with Gasteiger partial charge >= 0.3 is 0 Å². The second kappa shape index (κ2) is 7.85. The van der Waals surface area contributed by atoms with E-state index in [-0.39, 0.29) is 11.5 Å². The van der Waals surface area contributed by atoms with E-state index in [9.17, 15) is 9.18 Å². The molecule has 4 heterocycles. The van der Waals surface area contributed by atoms with Gasteiger partial charge in [0, 0.05) is 63.9 Å². The van der Waals surface area contributed by atoms with E-state index in [1.165, 1.54) is 29.3 Å². The van der Waals surface area contributed by atoms with Crippen LogP contribution in [0.3, 0.4) is 0 Å². The molecule has 2 fully saturated rings. The molecule has 32 heavy (non-hydrogen) atoms. The molecule has 2 aliphatic heterocycles. The molecular formula is C22H25FN8O. The lowest BCUT2D eigenvalue weighted by Gasteiger charge is -2.23. The van der Waals surface area contributed by atoms with Gasteiger partial charge < -0.3 is 14.7 Å². The third-order valence-corrected chi connectivity index (χ3v) is 6.17. The Balaban J connectivity index is 1.33. The number of fused-ring (bicyclic) bond motifs is 1. The molecule has 0 bridgehead atoms. The minimum absolute atomic E-state index is 0.195. The van der Waals surface area contributed by atoms with E-state index in [2.05, 4.69) is 20.1 Å². The molecule has 0 radical (unpaired) electrons. The first-order valence-electron chi connectivity index (χ1n) is 10.6. The van der Waals surface area contributed by atoms with Gasteiger partial charge in [0.1, 0.15) is 11.6 Å². The standard InChI is InChI=1S/C22H25FN8O/c1-14-8-20(28(2)3)27-22(26-14)30-12-15-10-29(11-16(15)13-30)21(32)18-9-17(23)4-5-19(18)31-24-6-7-25-31/h4-9,15-16H,10-13H2,1-3H3. The van der Waals surface area contributed by atoms with E-state index in [1.807, 2.05) is 36.9 Å². The van der Waals surface area contributed by atoms with Crippen LogP contribution in [-0.2, 0) is 0 Å². The molecule has 0 aliphatic carbocycles. The molecule has 2 aromatic heterocycles. The Hall–Kier alpha value is -3.56. The van der Waals surface area contributed by atoms with E-state index in [0.717, 1.165) is 30.5 Å². The lowest BCUT2D eigenvalue weighted by atomic mass is 10.0. The summed E-state index contributed by atoms with van der Waals surface area (Å²) in [5.74, 6) is 1.62. The number of halogens is 1.